The van der Waals surface area contributed by atoms with Crippen LogP contribution in [0.15, 0.2) is 12.3 Å². The Bertz CT molecular complexity index is 381. The molecule has 0 spiro atoms. The van der Waals surface area contributed by atoms with Gasteiger partial charge < -0.3 is 9.84 Å². The first kappa shape index (κ1) is 14.4. The lowest BCUT2D eigenvalue weighted by atomic mass is 10.0. The van der Waals surface area contributed by atoms with Crippen LogP contribution < -0.4 is 0 Å². The van der Waals surface area contributed by atoms with Crippen molar-refractivity contribution in [3.63, 3.8) is 0 Å². The molecule has 0 unspecified atom stereocenters. The molecule has 0 aliphatic carbocycles. The molecule has 5 nitrogen and oxygen atoms in total. The maximum Gasteiger partial charge on any atom is 0.133 e. The average molecular weight is 265 g/mol. The summed E-state index contributed by atoms with van der Waals surface area (Å²) in [5.74, 6) is 1.24. The highest BCUT2D eigenvalue weighted by Crippen LogP contribution is 2.22. The molecule has 1 aromatic heterocycles. The Kier molecular flexibility index (Phi) is 5.69. The average Bonchev–Trinajstić information content (AvgIpc) is 2.48. The lowest BCUT2D eigenvalue weighted by molar-refractivity contribution is 0.0779. The second kappa shape index (κ2) is 7.53. The lowest BCUT2D eigenvalue weighted by Gasteiger charge is -2.22. The van der Waals surface area contributed by atoms with E-state index in [1.165, 1.54) is 0 Å². The van der Waals surface area contributed by atoms with Gasteiger partial charge in [0.1, 0.15) is 5.82 Å². The van der Waals surface area contributed by atoms with Gasteiger partial charge in [0, 0.05) is 31.8 Å². The van der Waals surface area contributed by atoms with Crippen molar-refractivity contribution in [1.82, 2.24) is 14.9 Å². The molecule has 5 heteroatoms. The molecule has 2 rings (SSSR count). The van der Waals surface area contributed by atoms with Crippen LogP contribution in [0.1, 0.15) is 37.2 Å². The predicted octanol–water partition coefficient (Wildman–Crippen LogP) is 1.18. The number of hydrogen-bond acceptors (Lipinski definition) is 5. The highest BCUT2D eigenvalue weighted by atomic mass is 16.5. The van der Waals surface area contributed by atoms with Crippen LogP contribution in [0.3, 0.4) is 0 Å². The van der Waals surface area contributed by atoms with Crippen LogP contribution in [-0.4, -0.2) is 52.9 Å². The molecule has 1 aromatic rings. The van der Waals surface area contributed by atoms with Gasteiger partial charge in [-0.15, -0.1) is 0 Å². The van der Waals surface area contributed by atoms with E-state index >= 15 is 0 Å². The van der Waals surface area contributed by atoms with Gasteiger partial charge in [-0.05, 0) is 25.5 Å². The minimum atomic E-state index is 0.183. The van der Waals surface area contributed by atoms with E-state index in [0.29, 0.717) is 12.5 Å². The van der Waals surface area contributed by atoms with Crippen LogP contribution in [0.25, 0.3) is 0 Å². The summed E-state index contributed by atoms with van der Waals surface area (Å²) in [6.07, 6.45) is 4.03. The quantitative estimate of drug-likeness (QED) is 0.837. The summed E-state index contributed by atoms with van der Waals surface area (Å²) >= 11 is 0. The van der Waals surface area contributed by atoms with Gasteiger partial charge in [0.2, 0.25) is 0 Å². The lowest BCUT2D eigenvalue weighted by Crippen LogP contribution is -2.27. The zero-order chi connectivity index (χ0) is 13.5. The molecule has 1 saturated heterocycles. The molecule has 0 radical (unpaired) electrons. The predicted molar refractivity (Wildman–Crippen MR) is 72.9 cm³/mol. The van der Waals surface area contributed by atoms with E-state index in [0.717, 1.165) is 50.7 Å². The molecule has 106 valence electrons. The monoisotopic (exact) mass is 265 g/mol. The Morgan fingerprint density at radius 3 is 3.11 bits per heavy atom. The third-order valence-electron chi connectivity index (χ3n) is 3.51. The van der Waals surface area contributed by atoms with Gasteiger partial charge in [0.15, 0.2) is 0 Å². The fourth-order valence-corrected chi connectivity index (χ4v) is 2.36. The van der Waals surface area contributed by atoms with E-state index in [9.17, 15) is 0 Å². The highest BCUT2D eigenvalue weighted by molar-refractivity contribution is 5.06. The molecule has 0 amide bonds. The number of rotatable bonds is 6. The van der Waals surface area contributed by atoms with E-state index < -0.39 is 0 Å². The van der Waals surface area contributed by atoms with Crippen molar-refractivity contribution >= 4 is 0 Å². The molecule has 1 N–H and O–H groups in total. The zero-order valence-electron chi connectivity index (χ0n) is 11.6. The maximum atomic E-state index is 9.01. The Balaban J connectivity index is 2.01. The molecule has 1 atom stereocenters. The van der Waals surface area contributed by atoms with Crippen molar-refractivity contribution in [3.05, 3.63) is 23.8 Å². The molecule has 0 aromatic carbocycles. The first-order valence-electron chi connectivity index (χ1n) is 7.06. The van der Waals surface area contributed by atoms with Crippen molar-refractivity contribution in [3.8, 4) is 0 Å². The Hall–Kier alpha value is -1.04. The maximum absolute atomic E-state index is 9.01. The van der Waals surface area contributed by atoms with Gasteiger partial charge in [-0.1, -0.05) is 6.92 Å². The fourth-order valence-electron chi connectivity index (χ4n) is 2.36. The SMILES string of the molecule is CCN(CCO)Cc1ccnc([C@@H]2CCCOC2)n1. The second-order valence-corrected chi connectivity index (χ2v) is 4.91. The third-order valence-corrected chi connectivity index (χ3v) is 3.51. The third kappa shape index (κ3) is 4.23. The van der Waals surface area contributed by atoms with E-state index in [1.54, 1.807) is 0 Å². The summed E-state index contributed by atoms with van der Waals surface area (Å²) in [6, 6.07) is 1.95. The number of likely N-dealkylation sites (N-methyl/N-ethyl adjacent to an activating group) is 1. The first-order chi connectivity index (χ1) is 9.33. The van der Waals surface area contributed by atoms with Crippen molar-refractivity contribution < 1.29 is 9.84 Å². The topological polar surface area (TPSA) is 58.5 Å². The van der Waals surface area contributed by atoms with E-state index in [4.69, 9.17) is 9.84 Å². The molecule has 1 aliphatic rings. The fraction of sp³-hybridized carbons (Fsp3) is 0.714. The van der Waals surface area contributed by atoms with Gasteiger partial charge in [-0.2, -0.15) is 0 Å². The van der Waals surface area contributed by atoms with Crippen LogP contribution in [0.2, 0.25) is 0 Å². The molecule has 0 saturated carbocycles. The molecule has 2 heterocycles. The van der Waals surface area contributed by atoms with Gasteiger partial charge >= 0.3 is 0 Å². The Morgan fingerprint density at radius 1 is 1.53 bits per heavy atom. The van der Waals surface area contributed by atoms with Gasteiger partial charge in [0.05, 0.1) is 18.9 Å². The summed E-state index contributed by atoms with van der Waals surface area (Å²) in [7, 11) is 0. The smallest absolute Gasteiger partial charge is 0.133 e. The van der Waals surface area contributed by atoms with Crippen molar-refractivity contribution in [2.24, 2.45) is 0 Å². The number of aromatic nitrogens is 2. The van der Waals surface area contributed by atoms with Crippen LogP contribution >= 0.6 is 0 Å². The second-order valence-electron chi connectivity index (χ2n) is 4.91. The van der Waals surface area contributed by atoms with Crippen molar-refractivity contribution in [2.45, 2.75) is 32.2 Å². The van der Waals surface area contributed by atoms with E-state index in [2.05, 4.69) is 21.8 Å². The minimum Gasteiger partial charge on any atom is -0.395 e. The summed E-state index contributed by atoms with van der Waals surface area (Å²) in [4.78, 5) is 11.2. The highest BCUT2D eigenvalue weighted by Gasteiger charge is 2.19. The number of ether oxygens (including phenoxy) is 1. The van der Waals surface area contributed by atoms with Gasteiger partial charge in [0.25, 0.3) is 0 Å². The summed E-state index contributed by atoms with van der Waals surface area (Å²) in [5, 5.41) is 9.01. The van der Waals surface area contributed by atoms with Gasteiger partial charge in [-0.3, -0.25) is 4.90 Å². The molecule has 0 bridgehead atoms. The molecular formula is C14H23N3O2. The summed E-state index contributed by atoms with van der Waals surface area (Å²) < 4.78 is 5.49. The standard InChI is InChI=1S/C14H23N3O2/c1-2-17(7-8-18)10-13-5-6-15-14(16-13)12-4-3-9-19-11-12/h5-6,12,18H,2-4,7-11H2,1H3/t12-/m1/s1. The van der Waals surface area contributed by atoms with E-state index in [1.807, 2.05) is 12.3 Å². The first-order valence-corrected chi connectivity index (χ1v) is 7.06. The zero-order valence-corrected chi connectivity index (χ0v) is 11.6. The molecule has 1 fully saturated rings. The van der Waals surface area contributed by atoms with Crippen LogP contribution in [0.4, 0.5) is 0 Å². The van der Waals surface area contributed by atoms with Crippen LogP contribution in [0.5, 0.6) is 0 Å². The summed E-state index contributed by atoms with van der Waals surface area (Å²) in [5.41, 5.74) is 1.02. The van der Waals surface area contributed by atoms with Crippen LogP contribution in [-0.2, 0) is 11.3 Å². The summed E-state index contributed by atoms with van der Waals surface area (Å²) in [6.45, 7) is 6.22. The number of nitrogens with zero attached hydrogens (tertiary/aromatic N) is 3. The molecule has 19 heavy (non-hydrogen) atoms. The van der Waals surface area contributed by atoms with E-state index in [-0.39, 0.29) is 6.61 Å². The normalized spacial score (nSPS) is 19.8. The Labute approximate surface area is 114 Å². The molecule has 1 aliphatic heterocycles. The van der Waals surface area contributed by atoms with Crippen molar-refractivity contribution in [1.29, 1.82) is 0 Å². The van der Waals surface area contributed by atoms with Crippen LogP contribution in [0, 0.1) is 0 Å². The minimum absolute atomic E-state index is 0.183. The van der Waals surface area contributed by atoms with Crippen molar-refractivity contribution in [2.75, 3.05) is 32.9 Å². The largest absolute Gasteiger partial charge is 0.395 e. The Morgan fingerprint density at radius 2 is 2.42 bits per heavy atom. The van der Waals surface area contributed by atoms with Gasteiger partial charge in [-0.25, -0.2) is 9.97 Å². The number of hydrogen-bond donors (Lipinski definition) is 1. The number of aliphatic hydroxyl groups is 1. The number of aliphatic hydroxyl groups excluding tert-OH is 1. The molecular weight excluding hydrogens is 242 g/mol.